The van der Waals surface area contributed by atoms with Gasteiger partial charge >= 0.3 is 0 Å². The average Bonchev–Trinajstić information content (AvgIpc) is 2.27. The number of likely N-dealkylation sites (N-methyl/N-ethyl adjacent to an activating group) is 1. The van der Waals surface area contributed by atoms with Crippen LogP contribution in [0.3, 0.4) is 0 Å². The molecule has 0 saturated heterocycles. The van der Waals surface area contributed by atoms with Gasteiger partial charge in [0.1, 0.15) is 0 Å². The molecule has 7 heteroatoms. The Morgan fingerprint density at radius 3 is 2.39 bits per heavy atom. The van der Waals surface area contributed by atoms with E-state index in [0.29, 0.717) is 12.5 Å². The summed E-state index contributed by atoms with van der Waals surface area (Å²) in [5, 5.41) is 10.3. The molecule has 1 amide bonds. The zero-order chi connectivity index (χ0) is 14.3. The highest BCUT2D eigenvalue weighted by Gasteiger charge is 2.29. The molecule has 0 rings (SSSR count). The second-order valence-corrected chi connectivity index (χ2v) is 6.75. The molecule has 0 aliphatic heterocycles. The van der Waals surface area contributed by atoms with Gasteiger partial charge in [0.2, 0.25) is 15.9 Å². The Balaban J connectivity index is 4.53. The Kier molecular flexibility index (Phi) is 6.88. The number of hydrogen-bond donors (Lipinski definition) is 1. The fourth-order valence-electron chi connectivity index (χ4n) is 1.25. The summed E-state index contributed by atoms with van der Waals surface area (Å²) in [6.07, 6.45) is 0.205. The van der Waals surface area contributed by atoms with Crippen LogP contribution in [0.1, 0.15) is 27.2 Å². The summed E-state index contributed by atoms with van der Waals surface area (Å²) in [4.78, 5) is 11.5. The Hall–Kier alpha value is -1.13. The minimum Gasteiger partial charge on any atom is -0.355 e. The lowest BCUT2D eigenvalue weighted by atomic mass is 10.2. The number of rotatable bonds is 7. The zero-order valence-electron chi connectivity index (χ0n) is 11.3. The van der Waals surface area contributed by atoms with E-state index in [0.717, 1.165) is 4.31 Å². The predicted octanol–water partition coefficient (Wildman–Crippen LogP) is 0.322. The SMILES string of the molecule is CCC(C#N)S(=O)(=O)N(C)CC(=O)NCC(C)C. The maximum atomic E-state index is 11.9. The number of nitrogens with one attached hydrogen (secondary N) is 1. The highest BCUT2D eigenvalue weighted by atomic mass is 32.2. The van der Waals surface area contributed by atoms with Crippen molar-refractivity contribution in [1.29, 1.82) is 5.26 Å². The summed E-state index contributed by atoms with van der Waals surface area (Å²) < 4.78 is 24.7. The van der Waals surface area contributed by atoms with Crippen molar-refractivity contribution in [2.75, 3.05) is 20.1 Å². The van der Waals surface area contributed by atoms with Gasteiger partial charge in [-0.05, 0) is 12.3 Å². The molecule has 1 atom stereocenters. The van der Waals surface area contributed by atoms with Crippen LogP contribution in [0, 0.1) is 17.2 Å². The van der Waals surface area contributed by atoms with Crippen LogP contribution >= 0.6 is 0 Å². The topological polar surface area (TPSA) is 90.3 Å². The number of carbonyl (C=O) groups excluding carboxylic acids is 1. The first-order valence-corrected chi connectivity index (χ1v) is 7.37. The predicted molar refractivity (Wildman–Crippen MR) is 69.1 cm³/mol. The molecule has 0 bridgehead atoms. The zero-order valence-corrected chi connectivity index (χ0v) is 12.1. The van der Waals surface area contributed by atoms with Crippen molar-refractivity contribution in [2.24, 2.45) is 5.92 Å². The van der Waals surface area contributed by atoms with Crippen molar-refractivity contribution in [2.45, 2.75) is 32.4 Å². The molecular formula is C11H21N3O3S. The van der Waals surface area contributed by atoms with Crippen molar-refractivity contribution in [3.63, 3.8) is 0 Å². The van der Waals surface area contributed by atoms with E-state index in [1.165, 1.54) is 7.05 Å². The van der Waals surface area contributed by atoms with Gasteiger partial charge in [-0.2, -0.15) is 9.57 Å². The number of carbonyl (C=O) groups is 1. The van der Waals surface area contributed by atoms with Crippen LogP contribution in [0.25, 0.3) is 0 Å². The fraction of sp³-hybridized carbons (Fsp3) is 0.818. The van der Waals surface area contributed by atoms with Crippen LogP contribution in [0.15, 0.2) is 0 Å². The molecule has 1 N–H and O–H groups in total. The summed E-state index contributed by atoms with van der Waals surface area (Å²) in [7, 11) is -2.41. The van der Waals surface area contributed by atoms with Crippen LogP contribution in [0.2, 0.25) is 0 Å². The molecule has 0 spiro atoms. The molecule has 0 fully saturated rings. The van der Waals surface area contributed by atoms with Gasteiger partial charge in [0.05, 0.1) is 12.6 Å². The van der Waals surface area contributed by atoms with Gasteiger partial charge in [-0.25, -0.2) is 8.42 Å². The molecule has 0 saturated carbocycles. The fourth-order valence-corrected chi connectivity index (χ4v) is 2.54. The highest BCUT2D eigenvalue weighted by Crippen LogP contribution is 2.09. The van der Waals surface area contributed by atoms with Crippen molar-refractivity contribution < 1.29 is 13.2 Å². The number of hydrogen-bond acceptors (Lipinski definition) is 4. The Bertz CT molecular complexity index is 412. The summed E-state index contributed by atoms with van der Waals surface area (Å²) in [6.45, 7) is 5.76. The van der Waals surface area contributed by atoms with Gasteiger partial charge in [0.15, 0.2) is 5.25 Å². The van der Waals surface area contributed by atoms with E-state index in [2.05, 4.69) is 5.32 Å². The Labute approximate surface area is 109 Å². The van der Waals surface area contributed by atoms with E-state index >= 15 is 0 Å². The van der Waals surface area contributed by atoms with E-state index in [1.54, 1.807) is 13.0 Å². The number of amides is 1. The minimum absolute atomic E-state index is 0.205. The van der Waals surface area contributed by atoms with Gasteiger partial charge in [-0.3, -0.25) is 4.79 Å². The molecule has 6 nitrogen and oxygen atoms in total. The van der Waals surface area contributed by atoms with Crippen molar-refractivity contribution in [1.82, 2.24) is 9.62 Å². The quantitative estimate of drug-likeness (QED) is 0.724. The molecule has 1 unspecified atom stereocenters. The first-order chi connectivity index (χ1) is 8.25. The van der Waals surface area contributed by atoms with Crippen LogP contribution in [-0.2, 0) is 14.8 Å². The van der Waals surface area contributed by atoms with Gasteiger partial charge in [-0.1, -0.05) is 20.8 Å². The minimum atomic E-state index is -3.72. The van der Waals surface area contributed by atoms with E-state index in [-0.39, 0.29) is 18.9 Å². The lowest BCUT2D eigenvalue weighted by Crippen LogP contribution is -2.42. The van der Waals surface area contributed by atoms with Crippen molar-refractivity contribution in [3.05, 3.63) is 0 Å². The molecule has 0 aromatic heterocycles. The molecular weight excluding hydrogens is 254 g/mol. The Morgan fingerprint density at radius 1 is 1.44 bits per heavy atom. The maximum Gasteiger partial charge on any atom is 0.235 e. The molecule has 0 aliphatic carbocycles. The molecule has 0 aliphatic rings. The van der Waals surface area contributed by atoms with Gasteiger partial charge in [-0.15, -0.1) is 0 Å². The molecule has 0 heterocycles. The second-order valence-electron chi connectivity index (χ2n) is 4.52. The summed E-state index contributed by atoms with van der Waals surface area (Å²) in [6, 6.07) is 1.74. The smallest absolute Gasteiger partial charge is 0.235 e. The third-order valence-electron chi connectivity index (χ3n) is 2.38. The van der Waals surface area contributed by atoms with Gasteiger partial charge < -0.3 is 5.32 Å². The number of sulfonamides is 1. The first-order valence-electron chi connectivity index (χ1n) is 5.87. The molecule has 18 heavy (non-hydrogen) atoms. The highest BCUT2D eigenvalue weighted by molar-refractivity contribution is 7.90. The lowest BCUT2D eigenvalue weighted by Gasteiger charge is -2.19. The molecule has 0 aromatic rings. The van der Waals surface area contributed by atoms with Crippen LogP contribution in [0.5, 0.6) is 0 Å². The second kappa shape index (κ2) is 7.34. The van der Waals surface area contributed by atoms with Crippen LogP contribution in [0.4, 0.5) is 0 Å². The summed E-state index contributed by atoms with van der Waals surface area (Å²) in [5.74, 6) is -0.0547. The van der Waals surface area contributed by atoms with Crippen LogP contribution < -0.4 is 5.32 Å². The maximum absolute atomic E-state index is 11.9. The van der Waals surface area contributed by atoms with Crippen LogP contribution in [-0.4, -0.2) is 44.0 Å². The van der Waals surface area contributed by atoms with Crippen molar-refractivity contribution >= 4 is 15.9 Å². The average molecular weight is 275 g/mol. The number of nitriles is 1. The molecule has 104 valence electrons. The lowest BCUT2D eigenvalue weighted by molar-refractivity contribution is -0.121. The Morgan fingerprint density at radius 2 is 2.00 bits per heavy atom. The first kappa shape index (κ1) is 16.9. The number of nitrogens with zero attached hydrogens (tertiary/aromatic N) is 2. The summed E-state index contributed by atoms with van der Waals surface area (Å²) >= 11 is 0. The van der Waals surface area contributed by atoms with E-state index < -0.39 is 15.3 Å². The van der Waals surface area contributed by atoms with E-state index in [1.807, 2.05) is 13.8 Å². The van der Waals surface area contributed by atoms with Gasteiger partial charge in [0, 0.05) is 13.6 Å². The standard InChI is InChI=1S/C11H21N3O3S/c1-5-10(6-12)18(16,17)14(4)8-11(15)13-7-9(2)3/h9-10H,5,7-8H2,1-4H3,(H,13,15). The monoisotopic (exact) mass is 275 g/mol. The van der Waals surface area contributed by atoms with Crippen molar-refractivity contribution in [3.8, 4) is 6.07 Å². The van der Waals surface area contributed by atoms with Gasteiger partial charge in [0.25, 0.3) is 0 Å². The van der Waals surface area contributed by atoms with E-state index in [9.17, 15) is 13.2 Å². The normalized spacial score (nSPS) is 13.4. The molecule has 0 aromatic carbocycles. The third kappa shape index (κ3) is 5.02. The molecule has 0 radical (unpaired) electrons. The van der Waals surface area contributed by atoms with E-state index in [4.69, 9.17) is 5.26 Å². The largest absolute Gasteiger partial charge is 0.355 e. The third-order valence-corrected chi connectivity index (χ3v) is 4.54. The summed E-state index contributed by atoms with van der Waals surface area (Å²) in [5.41, 5.74) is 0.